The van der Waals surface area contributed by atoms with E-state index in [9.17, 15) is 0 Å². The average molecular weight is 193 g/mol. The Hall–Kier alpha value is -1.22. The van der Waals surface area contributed by atoms with Gasteiger partial charge in [-0.05, 0) is 24.6 Å². The lowest BCUT2D eigenvalue weighted by molar-refractivity contribution is 1.02. The molecule has 14 heavy (non-hydrogen) atoms. The van der Waals surface area contributed by atoms with E-state index in [4.69, 9.17) is 5.73 Å². The van der Waals surface area contributed by atoms with Crippen LogP contribution in [0.1, 0.15) is 5.56 Å². The fourth-order valence-corrected chi connectivity index (χ4v) is 1.42. The molecule has 0 unspecified atom stereocenters. The summed E-state index contributed by atoms with van der Waals surface area (Å²) < 4.78 is 0. The molecule has 0 atom stereocenters. The molecule has 3 nitrogen and oxygen atoms in total. The van der Waals surface area contributed by atoms with E-state index in [0.717, 1.165) is 12.2 Å². The van der Waals surface area contributed by atoms with Gasteiger partial charge < -0.3 is 16.0 Å². The highest BCUT2D eigenvalue weighted by molar-refractivity contribution is 5.61. The van der Waals surface area contributed by atoms with Gasteiger partial charge in [0, 0.05) is 38.6 Å². The second-order valence-corrected chi connectivity index (χ2v) is 3.61. The van der Waals surface area contributed by atoms with Gasteiger partial charge in [-0.25, -0.2) is 0 Å². The zero-order chi connectivity index (χ0) is 10.6. The van der Waals surface area contributed by atoms with Crippen molar-refractivity contribution in [2.24, 2.45) is 5.73 Å². The summed E-state index contributed by atoms with van der Waals surface area (Å²) in [5, 5.41) is 3.27. The Morgan fingerprint density at radius 1 is 1.36 bits per heavy atom. The first-order valence-electron chi connectivity index (χ1n) is 4.87. The zero-order valence-corrected chi connectivity index (χ0v) is 9.17. The zero-order valence-electron chi connectivity index (χ0n) is 9.17. The van der Waals surface area contributed by atoms with Crippen LogP contribution < -0.4 is 16.0 Å². The van der Waals surface area contributed by atoms with E-state index >= 15 is 0 Å². The summed E-state index contributed by atoms with van der Waals surface area (Å²) in [5.41, 5.74) is 9.09. The minimum Gasteiger partial charge on any atom is -0.384 e. The quantitative estimate of drug-likeness (QED) is 0.760. The van der Waals surface area contributed by atoms with Gasteiger partial charge in [0.25, 0.3) is 0 Å². The molecule has 0 aliphatic rings. The molecule has 0 amide bonds. The molecule has 0 spiro atoms. The van der Waals surface area contributed by atoms with Crippen LogP contribution in [0.15, 0.2) is 18.2 Å². The largest absolute Gasteiger partial charge is 0.384 e. The van der Waals surface area contributed by atoms with Crippen LogP contribution >= 0.6 is 0 Å². The van der Waals surface area contributed by atoms with Crippen LogP contribution in [0.5, 0.6) is 0 Å². The number of anilines is 2. The Bertz CT molecular complexity index is 295. The standard InChI is InChI=1S/C11H19N3/c1-9-4-5-10(13-7-6-12)8-11(9)14(2)3/h4-5,8,13H,6-7,12H2,1-3H3. The monoisotopic (exact) mass is 193 g/mol. The van der Waals surface area contributed by atoms with E-state index in [1.54, 1.807) is 0 Å². The first kappa shape index (κ1) is 10.9. The van der Waals surface area contributed by atoms with E-state index < -0.39 is 0 Å². The van der Waals surface area contributed by atoms with E-state index in [0.29, 0.717) is 6.54 Å². The molecule has 0 bridgehead atoms. The highest BCUT2D eigenvalue weighted by Crippen LogP contribution is 2.22. The molecule has 1 aromatic carbocycles. The van der Waals surface area contributed by atoms with Gasteiger partial charge in [0.15, 0.2) is 0 Å². The van der Waals surface area contributed by atoms with E-state index in [-0.39, 0.29) is 0 Å². The van der Waals surface area contributed by atoms with Crippen molar-refractivity contribution in [3.63, 3.8) is 0 Å². The maximum atomic E-state index is 5.43. The number of rotatable bonds is 4. The molecule has 0 saturated heterocycles. The van der Waals surface area contributed by atoms with Gasteiger partial charge in [0.05, 0.1) is 0 Å². The predicted molar refractivity (Wildman–Crippen MR) is 63.1 cm³/mol. The number of nitrogens with zero attached hydrogens (tertiary/aromatic N) is 1. The molecule has 0 fully saturated rings. The summed E-state index contributed by atoms with van der Waals surface area (Å²) in [6.07, 6.45) is 0. The lowest BCUT2D eigenvalue weighted by Crippen LogP contribution is -2.14. The second-order valence-electron chi connectivity index (χ2n) is 3.61. The fraction of sp³-hybridized carbons (Fsp3) is 0.455. The van der Waals surface area contributed by atoms with Gasteiger partial charge in [-0.1, -0.05) is 6.07 Å². The predicted octanol–water partition coefficient (Wildman–Crippen LogP) is 1.43. The van der Waals surface area contributed by atoms with Crippen molar-refractivity contribution >= 4 is 11.4 Å². The Labute approximate surface area is 85.9 Å². The SMILES string of the molecule is Cc1ccc(NCCN)cc1N(C)C. The molecule has 0 aliphatic heterocycles. The van der Waals surface area contributed by atoms with Crippen LogP contribution in [0.25, 0.3) is 0 Å². The third-order valence-electron chi connectivity index (χ3n) is 2.16. The van der Waals surface area contributed by atoms with Crippen LogP contribution in [0, 0.1) is 6.92 Å². The normalized spacial score (nSPS) is 10.0. The van der Waals surface area contributed by atoms with Crippen LogP contribution in [0.3, 0.4) is 0 Å². The average Bonchev–Trinajstić information content (AvgIpc) is 2.16. The minimum absolute atomic E-state index is 0.658. The smallest absolute Gasteiger partial charge is 0.0411 e. The fourth-order valence-electron chi connectivity index (χ4n) is 1.42. The number of nitrogens with one attached hydrogen (secondary N) is 1. The van der Waals surface area contributed by atoms with Crippen molar-refractivity contribution in [2.45, 2.75) is 6.92 Å². The lowest BCUT2D eigenvalue weighted by Gasteiger charge is -2.17. The van der Waals surface area contributed by atoms with Crippen molar-refractivity contribution in [3.8, 4) is 0 Å². The molecule has 78 valence electrons. The third-order valence-corrected chi connectivity index (χ3v) is 2.16. The van der Waals surface area contributed by atoms with E-state index in [1.807, 2.05) is 0 Å². The maximum Gasteiger partial charge on any atom is 0.0411 e. The molecule has 3 N–H and O–H groups in total. The molecule has 1 rings (SSSR count). The van der Waals surface area contributed by atoms with Crippen molar-refractivity contribution in [3.05, 3.63) is 23.8 Å². The second kappa shape index (κ2) is 4.86. The van der Waals surface area contributed by atoms with Gasteiger partial charge in [-0.2, -0.15) is 0 Å². The van der Waals surface area contributed by atoms with Gasteiger partial charge in [-0.3, -0.25) is 0 Å². The van der Waals surface area contributed by atoms with Gasteiger partial charge >= 0.3 is 0 Å². The highest BCUT2D eigenvalue weighted by atomic mass is 15.1. The summed E-state index contributed by atoms with van der Waals surface area (Å²) in [6.45, 7) is 3.59. The topological polar surface area (TPSA) is 41.3 Å². The Balaban J connectivity index is 2.83. The molecule has 0 saturated carbocycles. The molecular weight excluding hydrogens is 174 g/mol. The Morgan fingerprint density at radius 2 is 2.07 bits per heavy atom. The van der Waals surface area contributed by atoms with Crippen molar-refractivity contribution in [1.29, 1.82) is 0 Å². The first-order valence-corrected chi connectivity index (χ1v) is 4.87. The molecule has 0 radical (unpaired) electrons. The molecule has 0 heterocycles. The summed E-state index contributed by atoms with van der Waals surface area (Å²) in [6, 6.07) is 6.34. The Kier molecular flexibility index (Phi) is 3.77. The summed E-state index contributed by atoms with van der Waals surface area (Å²) >= 11 is 0. The van der Waals surface area contributed by atoms with E-state index in [1.165, 1.54) is 11.3 Å². The molecule has 0 aromatic heterocycles. The summed E-state index contributed by atoms with van der Waals surface area (Å²) in [4.78, 5) is 2.11. The van der Waals surface area contributed by atoms with Crippen LogP contribution in [-0.4, -0.2) is 27.2 Å². The van der Waals surface area contributed by atoms with Crippen molar-refractivity contribution in [1.82, 2.24) is 0 Å². The van der Waals surface area contributed by atoms with Crippen LogP contribution in [-0.2, 0) is 0 Å². The molecule has 0 aliphatic carbocycles. The number of hydrogen-bond donors (Lipinski definition) is 2. The summed E-state index contributed by atoms with van der Waals surface area (Å²) in [5.74, 6) is 0. The molecular formula is C11H19N3. The number of benzene rings is 1. The van der Waals surface area contributed by atoms with Gasteiger partial charge in [0.1, 0.15) is 0 Å². The highest BCUT2D eigenvalue weighted by Gasteiger charge is 2.01. The number of aryl methyl sites for hydroxylation is 1. The minimum atomic E-state index is 0.658. The molecule has 1 aromatic rings. The van der Waals surface area contributed by atoms with Crippen molar-refractivity contribution in [2.75, 3.05) is 37.4 Å². The van der Waals surface area contributed by atoms with Crippen LogP contribution in [0.4, 0.5) is 11.4 Å². The maximum absolute atomic E-state index is 5.43. The lowest BCUT2D eigenvalue weighted by atomic mass is 10.1. The van der Waals surface area contributed by atoms with Gasteiger partial charge in [0.2, 0.25) is 0 Å². The van der Waals surface area contributed by atoms with Crippen molar-refractivity contribution < 1.29 is 0 Å². The first-order chi connectivity index (χ1) is 6.65. The number of nitrogens with two attached hydrogens (primary N) is 1. The van der Waals surface area contributed by atoms with Gasteiger partial charge in [-0.15, -0.1) is 0 Å². The van der Waals surface area contributed by atoms with Crippen LogP contribution in [0.2, 0.25) is 0 Å². The van der Waals surface area contributed by atoms with E-state index in [2.05, 4.69) is 49.4 Å². The third kappa shape index (κ3) is 2.64. The molecule has 3 heteroatoms. The summed E-state index contributed by atoms with van der Waals surface area (Å²) in [7, 11) is 4.10. The number of hydrogen-bond acceptors (Lipinski definition) is 3. The Morgan fingerprint density at radius 3 is 2.64 bits per heavy atom.